The monoisotopic (exact) mass is 411 g/mol. The quantitative estimate of drug-likeness (QED) is 0.699. The minimum atomic E-state index is -3.45. The summed E-state index contributed by atoms with van der Waals surface area (Å²) in [5.41, 5.74) is 0. The van der Waals surface area contributed by atoms with Crippen LogP contribution in [0.1, 0.15) is 27.2 Å². The molecule has 1 aromatic carbocycles. The molecule has 19 heavy (non-hydrogen) atoms. The largest absolute Gasteiger partial charge is 0.244 e. The Hall–Kier alpha value is 0.0900. The average Bonchev–Trinajstić information content (AvgIpc) is 2.37. The maximum Gasteiger partial charge on any atom is 0.244 e. The summed E-state index contributed by atoms with van der Waals surface area (Å²) in [5.74, 6) is 0.348. The Morgan fingerprint density at radius 2 is 1.89 bits per heavy atom. The SMILES string of the molecule is CCC(C)CN(CC)S(=O)(=O)c1cc(Br)ccc1Br. The fraction of sp³-hybridized carbons (Fsp3) is 0.538. The summed E-state index contributed by atoms with van der Waals surface area (Å²) in [6, 6.07) is 5.20. The van der Waals surface area contributed by atoms with E-state index in [2.05, 4.69) is 45.7 Å². The van der Waals surface area contributed by atoms with E-state index >= 15 is 0 Å². The van der Waals surface area contributed by atoms with Gasteiger partial charge in [-0.15, -0.1) is 0 Å². The number of sulfonamides is 1. The molecular weight excluding hydrogens is 394 g/mol. The van der Waals surface area contributed by atoms with E-state index in [1.54, 1.807) is 12.1 Å². The van der Waals surface area contributed by atoms with Crippen LogP contribution >= 0.6 is 31.9 Å². The van der Waals surface area contributed by atoms with E-state index in [4.69, 9.17) is 0 Å². The lowest BCUT2D eigenvalue weighted by molar-refractivity contribution is 0.361. The molecule has 0 aliphatic rings. The first-order valence-corrected chi connectivity index (χ1v) is 9.30. The van der Waals surface area contributed by atoms with Gasteiger partial charge in [-0.1, -0.05) is 43.1 Å². The van der Waals surface area contributed by atoms with Crippen molar-refractivity contribution in [1.82, 2.24) is 4.31 Å². The summed E-state index contributed by atoms with van der Waals surface area (Å²) in [6.45, 7) is 7.03. The van der Waals surface area contributed by atoms with E-state index in [9.17, 15) is 8.42 Å². The van der Waals surface area contributed by atoms with Gasteiger partial charge in [-0.2, -0.15) is 4.31 Å². The standard InChI is InChI=1S/C13H19Br2NO2S/c1-4-10(3)9-16(5-2)19(17,18)13-8-11(14)6-7-12(13)15/h6-8,10H,4-5,9H2,1-3H3. The maximum atomic E-state index is 12.7. The highest BCUT2D eigenvalue weighted by atomic mass is 79.9. The zero-order chi connectivity index (χ0) is 14.6. The van der Waals surface area contributed by atoms with E-state index in [0.717, 1.165) is 10.9 Å². The predicted molar refractivity (Wildman–Crippen MR) is 85.7 cm³/mol. The molecule has 1 unspecified atom stereocenters. The van der Waals surface area contributed by atoms with Gasteiger partial charge in [-0.3, -0.25) is 0 Å². The number of hydrogen-bond acceptors (Lipinski definition) is 2. The number of hydrogen-bond donors (Lipinski definition) is 0. The number of rotatable bonds is 6. The van der Waals surface area contributed by atoms with Gasteiger partial charge in [0.05, 0.1) is 4.90 Å². The Morgan fingerprint density at radius 1 is 1.26 bits per heavy atom. The van der Waals surface area contributed by atoms with Crippen molar-refractivity contribution in [3.05, 3.63) is 27.1 Å². The molecular formula is C13H19Br2NO2S. The third kappa shape index (κ3) is 4.28. The minimum absolute atomic E-state index is 0.312. The molecule has 3 nitrogen and oxygen atoms in total. The van der Waals surface area contributed by atoms with Crippen LogP contribution in [0.5, 0.6) is 0 Å². The van der Waals surface area contributed by atoms with Crippen molar-refractivity contribution in [3.63, 3.8) is 0 Å². The lowest BCUT2D eigenvalue weighted by Crippen LogP contribution is -2.34. The van der Waals surface area contributed by atoms with Gasteiger partial charge in [0.2, 0.25) is 10.0 Å². The first-order chi connectivity index (χ1) is 8.82. The van der Waals surface area contributed by atoms with Crippen LogP contribution in [0.25, 0.3) is 0 Å². The first kappa shape index (κ1) is 17.1. The molecule has 0 aromatic heterocycles. The second-order valence-electron chi connectivity index (χ2n) is 4.54. The third-order valence-electron chi connectivity index (χ3n) is 3.08. The Bertz CT molecular complexity index is 531. The Labute approximate surface area is 132 Å². The molecule has 0 aliphatic carbocycles. The lowest BCUT2D eigenvalue weighted by Gasteiger charge is -2.24. The highest BCUT2D eigenvalue weighted by molar-refractivity contribution is 9.11. The lowest BCUT2D eigenvalue weighted by atomic mass is 10.1. The topological polar surface area (TPSA) is 37.4 Å². The van der Waals surface area contributed by atoms with Crippen molar-refractivity contribution >= 4 is 41.9 Å². The smallest absolute Gasteiger partial charge is 0.207 e. The Balaban J connectivity index is 3.17. The van der Waals surface area contributed by atoms with Crippen molar-refractivity contribution in [3.8, 4) is 0 Å². The molecule has 0 radical (unpaired) electrons. The molecule has 1 rings (SSSR count). The average molecular weight is 413 g/mol. The highest BCUT2D eigenvalue weighted by Gasteiger charge is 2.26. The van der Waals surface area contributed by atoms with Crippen LogP contribution in [0, 0.1) is 5.92 Å². The summed E-state index contributed by atoms with van der Waals surface area (Å²) >= 11 is 6.64. The summed E-state index contributed by atoms with van der Waals surface area (Å²) in [4.78, 5) is 0.312. The van der Waals surface area contributed by atoms with Crippen LogP contribution in [-0.4, -0.2) is 25.8 Å². The van der Waals surface area contributed by atoms with Crippen LogP contribution in [0.15, 0.2) is 32.0 Å². The summed E-state index contributed by atoms with van der Waals surface area (Å²) in [7, 11) is -3.45. The van der Waals surface area contributed by atoms with Gasteiger partial charge in [-0.25, -0.2) is 8.42 Å². The molecule has 108 valence electrons. The molecule has 1 atom stereocenters. The molecule has 0 heterocycles. The van der Waals surface area contributed by atoms with Gasteiger partial charge >= 0.3 is 0 Å². The van der Waals surface area contributed by atoms with E-state index in [-0.39, 0.29) is 0 Å². The molecule has 6 heteroatoms. The first-order valence-electron chi connectivity index (χ1n) is 6.28. The van der Waals surface area contributed by atoms with Crippen LogP contribution in [0.4, 0.5) is 0 Å². The molecule has 0 N–H and O–H groups in total. The summed E-state index contributed by atoms with van der Waals surface area (Å²) < 4.78 is 28.2. The molecule has 0 fully saturated rings. The van der Waals surface area contributed by atoms with Crippen molar-refractivity contribution < 1.29 is 8.42 Å². The summed E-state index contributed by atoms with van der Waals surface area (Å²) in [5, 5.41) is 0. The van der Waals surface area contributed by atoms with Crippen LogP contribution < -0.4 is 0 Å². The number of benzene rings is 1. The normalized spacial score (nSPS) is 13.8. The fourth-order valence-electron chi connectivity index (χ4n) is 1.69. The van der Waals surface area contributed by atoms with E-state index in [1.165, 1.54) is 4.31 Å². The van der Waals surface area contributed by atoms with Crippen molar-refractivity contribution in [1.29, 1.82) is 0 Å². The highest BCUT2D eigenvalue weighted by Crippen LogP contribution is 2.28. The van der Waals surface area contributed by atoms with Crippen molar-refractivity contribution in [2.45, 2.75) is 32.1 Å². The van der Waals surface area contributed by atoms with Crippen molar-refractivity contribution in [2.75, 3.05) is 13.1 Å². The van der Waals surface area contributed by atoms with Gasteiger partial charge in [0.25, 0.3) is 0 Å². The van der Waals surface area contributed by atoms with Crippen LogP contribution in [0.3, 0.4) is 0 Å². The Morgan fingerprint density at radius 3 is 2.42 bits per heavy atom. The van der Waals surface area contributed by atoms with Gasteiger partial charge in [0, 0.05) is 22.0 Å². The number of halogens is 2. The zero-order valence-electron chi connectivity index (χ0n) is 11.4. The zero-order valence-corrected chi connectivity index (χ0v) is 15.3. The molecule has 0 spiro atoms. The molecule has 0 amide bonds. The minimum Gasteiger partial charge on any atom is -0.207 e. The fourth-order valence-corrected chi connectivity index (χ4v) is 4.72. The Kier molecular flexibility index (Phi) is 6.50. The second-order valence-corrected chi connectivity index (χ2v) is 8.22. The molecule has 0 aliphatic heterocycles. The third-order valence-corrected chi connectivity index (χ3v) is 6.50. The maximum absolute atomic E-state index is 12.7. The molecule has 0 saturated carbocycles. The van der Waals surface area contributed by atoms with Crippen molar-refractivity contribution in [2.24, 2.45) is 5.92 Å². The van der Waals surface area contributed by atoms with Gasteiger partial charge < -0.3 is 0 Å². The molecule has 1 aromatic rings. The second kappa shape index (κ2) is 7.20. The van der Waals surface area contributed by atoms with Gasteiger partial charge in [0.1, 0.15) is 0 Å². The van der Waals surface area contributed by atoms with Gasteiger partial charge in [0.15, 0.2) is 0 Å². The summed E-state index contributed by atoms with van der Waals surface area (Å²) in [6.07, 6.45) is 0.964. The number of nitrogens with zero attached hydrogens (tertiary/aromatic N) is 1. The predicted octanol–water partition coefficient (Wildman–Crippen LogP) is 4.27. The van der Waals surface area contributed by atoms with E-state index < -0.39 is 10.0 Å². The van der Waals surface area contributed by atoms with E-state index in [1.807, 2.05) is 13.0 Å². The molecule has 0 bridgehead atoms. The van der Waals surface area contributed by atoms with Crippen LogP contribution in [-0.2, 0) is 10.0 Å². The van der Waals surface area contributed by atoms with E-state index in [0.29, 0.717) is 28.4 Å². The molecule has 0 saturated heterocycles. The van der Waals surface area contributed by atoms with Gasteiger partial charge in [-0.05, 0) is 40.0 Å². The van der Waals surface area contributed by atoms with Crippen LogP contribution in [0.2, 0.25) is 0 Å².